The van der Waals surface area contributed by atoms with Crippen LogP contribution in [-0.2, 0) is 4.79 Å². The summed E-state index contributed by atoms with van der Waals surface area (Å²) in [6.07, 6.45) is 3.48. The van der Waals surface area contributed by atoms with Crippen molar-refractivity contribution in [3.05, 3.63) is 66.3 Å². The number of amides is 2. The molecule has 12 nitrogen and oxygen atoms in total. The fourth-order valence-corrected chi connectivity index (χ4v) is 4.96. The van der Waals surface area contributed by atoms with E-state index >= 15 is 0 Å². The largest absolute Gasteiger partial charge is 1.00 e. The van der Waals surface area contributed by atoms with Gasteiger partial charge in [-0.05, 0) is 36.4 Å². The molecule has 1 saturated heterocycles. The van der Waals surface area contributed by atoms with Crippen LogP contribution in [0.15, 0.2) is 60.7 Å². The number of Topliss-reactive ketones (excluding diaryl/α,β-unsaturated/α-hetero) is 1. The van der Waals surface area contributed by atoms with E-state index in [4.69, 9.17) is 4.74 Å². The summed E-state index contributed by atoms with van der Waals surface area (Å²) in [7, 11) is 1.48. The fourth-order valence-electron chi connectivity index (χ4n) is 4.96. The predicted octanol–water partition coefficient (Wildman–Crippen LogP) is -0.308. The number of rotatable bonds is 8. The molecule has 36 heavy (non-hydrogen) atoms. The van der Waals surface area contributed by atoms with Gasteiger partial charge in [0.1, 0.15) is 5.75 Å². The van der Waals surface area contributed by atoms with Crippen molar-refractivity contribution >= 4 is 23.9 Å². The Morgan fingerprint density at radius 1 is 1.08 bits per heavy atom. The minimum atomic E-state index is -1.85. The number of carbonyl (C=O) groups is 4. The number of nitrogens with zero attached hydrogens (tertiary/aromatic N) is 4. The summed E-state index contributed by atoms with van der Waals surface area (Å²) in [6, 6.07) is 6.20. The van der Waals surface area contributed by atoms with Crippen molar-refractivity contribution in [2.75, 3.05) is 13.7 Å². The summed E-state index contributed by atoms with van der Waals surface area (Å²) in [5.41, 5.74) is -1.64. The smallest absolute Gasteiger partial charge is 0.546 e. The molecular weight excluding hydrogens is 496 g/mol. The van der Waals surface area contributed by atoms with Gasteiger partial charge in [0.25, 0.3) is 0 Å². The highest BCUT2D eigenvalue weighted by Crippen LogP contribution is 2.54. The molecule has 1 aromatic carbocycles. The Bertz CT molecular complexity index is 1180. The molecule has 3 atom stereocenters. The van der Waals surface area contributed by atoms with E-state index in [1.54, 1.807) is 31.2 Å². The zero-order chi connectivity index (χ0) is 25.5. The number of aliphatic carboxylic acids is 1. The number of ketones is 1. The van der Waals surface area contributed by atoms with Crippen molar-refractivity contribution in [2.24, 2.45) is 0 Å². The summed E-state index contributed by atoms with van der Waals surface area (Å²) in [6.45, 7) is 1.53. The van der Waals surface area contributed by atoms with Crippen molar-refractivity contribution in [1.82, 2.24) is 14.8 Å². The second-order valence-corrected chi connectivity index (χ2v) is 8.18. The van der Waals surface area contributed by atoms with Gasteiger partial charge in [-0.1, -0.05) is 17.6 Å². The van der Waals surface area contributed by atoms with Gasteiger partial charge in [-0.15, -0.1) is 5.01 Å². The topological polar surface area (TPSA) is 148 Å². The zero-order valence-electron chi connectivity index (χ0n) is 19.4. The molecule has 1 fully saturated rings. The third-order valence-corrected chi connectivity index (χ3v) is 6.46. The lowest BCUT2D eigenvalue weighted by atomic mass is 9.91. The SMILES string of the molecule is CCC1N(C(=O)O)C2=C[N+]1(C(=O)O)N2C1(C(=O)c2ccc(OC)cc2)C=CC=CN1CCC(=O)O.[Cl-]. The quantitative estimate of drug-likeness (QED) is 0.308. The van der Waals surface area contributed by atoms with Crippen LogP contribution in [0, 0.1) is 0 Å². The molecule has 0 aliphatic carbocycles. The predicted molar refractivity (Wildman–Crippen MR) is 119 cm³/mol. The minimum Gasteiger partial charge on any atom is -1.00 e. The molecule has 0 spiro atoms. The third-order valence-electron chi connectivity index (χ3n) is 6.46. The third kappa shape index (κ3) is 3.57. The Morgan fingerprint density at radius 2 is 1.75 bits per heavy atom. The molecule has 4 aliphatic heterocycles. The van der Waals surface area contributed by atoms with Gasteiger partial charge in [0, 0.05) is 24.7 Å². The number of carboxylic acids is 1. The summed E-state index contributed by atoms with van der Waals surface area (Å²) in [5, 5.41) is 30.8. The highest BCUT2D eigenvalue weighted by atomic mass is 35.5. The number of benzene rings is 1. The van der Waals surface area contributed by atoms with Crippen molar-refractivity contribution in [1.29, 1.82) is 0 Å². The van der Waals surface area contributed by atoms with Gasteiger partial charge in [-0.2, -0.15) is 9.69 Å². The molecule has 0 saturated carbocycles. The number of allylic oxidation sites excluding steroid dienone is 2. The molecule has 4 aliphatic rings. The zero-order valence-corrected chi connectivity index (χ0v) is 20.2. The van der Waals surface area contributed by atoms with E-state index in [-0.39, 0.29) is 43.2 Å². The Labute approximate surface area is 212 Å². The molecule has 3 N–H and O–H groups in total. The van der Waals surface area contributed by atoms with Crippen LogP contribution in [0.5, 0.6) is 5.75 Å². The van der Waals surface area contributed by atoms with Crippen LogP contribution in [0.4, 0.5) is 9.59 Å². The summed E-state index contributed by atoms with van der Waals surface area (Å²) in [4.78, 5) is 52.8. The normalized spacial score (nSPS) is 25.6. The maximum Gasteiger partial charge on any atom is 0.546 e. The van der Waals surface area contributed by atoms with Crippen molar-refractivity contribution in [2.45, 2.75) is 31.6 Å². The van der Waals surface area contributed by atoms with Gasteiger partial charge in [0.2, 0.25) is 23.4 Å². The second-order valence-electron chi connectivity index (χ2n) is 8.18. The van der Waals surface area contributed by atoms with Crippen LogP contribution < -0.4 is 17.1 Å². The number of quaternary nitrogens is 1. The van der Waals surface area contributed by atoms with Gasteiger partial charge in [-0.25, -0.2) is 4.79 Å². The Morgan fingerprint density at radius 3 is 2.28 bits per heavy atom. The summed E-state index contributed by atoms with van der Waals surface area (Å²) in [5.74, 6) is -1.12. The van der Waals surface area contributed by atoms with Gasteiger partial charge >= 0.3 is 18.2 Å². The van der Waals surface area contributed by atoms with E-state index in [0.29, 0.717) is 5.75 Å². The van der Waals surface area contributed by atoms with Crippen LogP contribution in [0.3, 0.4) is 0 Å². The number of fused-ring (bicyclic) bond motifs is 1. The highest BCUT2D eigenvalue weighted by molar-refractivity contribution is 6.05. The number of carboxylic acid groups (broad SMARTS) is 3. The van der Waals surface area contributed by atoms with E-state index in [1.807, 2.05) is 0 Å². The second kappa shape index (κ2) is 9.55. The lowest BCUT2D eigenvalue weighted by molar-refractivity contribution is -0.959. The van der Waals surface area contributed by atoms with E-state index in [1.165, 1.54) is 47.6 Å². The van der Waals surface area contributed by atoms with Crippen LogP contribution in [0.2, 0.25) is 0 Å². The number of hydrogen-bond donors (Lipinski definition) is 3. The van der Waals surface area contributed by atoms with Crippen LogP contribution in [0.1, 0.15) is 30.1 Å². The number of ether oxygens (including phenoxy) is 1. The number of hydrogen-bond acceptors (Lipinski definition) is 7. The Balaban J connectivity index is 0.00000361. The van der Waals surface area contributed by atoms with E-state index in [9.17, 15) is 34.5 Å². The van der Waals surface area contributed by atoms with Crippen LogP contribution in [0.25, 0.3) is 0 Å². The maximum atomic E-state index is 14.2. The molecule has 2 amide bonds. The van der Waals surface area contributed by atoms with Crippen molar-refractivity contribution in [3.63, 3.8) is 0 Å². The first-order valence-corrected chi connectivity index (χ1v) is 10.9. The Kier molecular flexibility index (Phi) is 7.05. The average molecular weight is 521 g/mol. The maximum absolute atomic E-state index is 14.2. The van der Waals surface area contributed by atoms with Gasteiger partial charge in [0.15, 0.2) is 6.20 Å². The Hall–Kier alpha value is -4.03. The average Bonchev–Trinajstić information content (AvgIpc) is 3.33. The lowest BCUT2D eigenvalue weighted by Crippen LogP contribution is -3.00. The molecule has 2 bridgehead atoms. The number of methoxy groups -OCH3 is 1. The molecule has 13 heteroatoms. The molecule has 3 unspecified atom stereocenters. The standard InChI is InChI=1S/C23H24N4O8.ClH/c1-3-18-25(21(31)32)17-14-27(18,22(33)34)26(17)23(11-4-5-12-24(23)13-10-19(28)29)20(30)15-6-8-16(35-2)9-7-15;/h4-9,11-12,14,18H,3,10,13H2,1-2H3,(H2-,28,29,31,32,33,34);1H. The lowest BCUT2D eigenvalue weighted by Gasteiger charge is -2.53. The highest BCUT2D eigenvalue weighted by Gasteiger charge is 2.77. The molecular formula is C23H25ClN4O8. The summed E-state index contributed by atoms with van der Waals surface area (Å²) < 4.78 is 4.22. The number of halogens is 1. The molecule has 0 aromatic heterocycles. The van der Waals surface area contributed by atoms with Crippen LogP contribution in [-0.4, -0.2) is 84.1 Å². The molecule has 0 radical (unpaired) electrons. The van der Waals surface area contributed by atoms with E-state index < -0.39 is 40.4 Å². The monoisotopic (exact) mass is 520 g/mol. The van der Waals surface area contributed by atoms with Crippen molar-refractivity contribution in [3.8, 4) is 5.75 Å². The molecule has 5 rings (SSSR count). The van der Waals surface area contributed by atoms with Crippen molar-refractivity contribution < 1.29 is 56.2 Å². The van der Waals surface area contributed by atoms with Gasteiger partial charge < -0.3 is 37.4 Å². The molecule has 1 aromatic rings. The first-order chi connectivity index (χ1) is 16.6. The number of carbonyl (C=O) groups excluding carboxylic acids is 1. The van der Waals surface area contributed by atoms with Crippen LogP contribution >= 0.6 is 0 Å². The molecule has 192 valence electrons. The van der Waals surface area contributed by atoms with E-state index in [2.05, 4.69) is 0 Å². The molecule has 4 heterocycles. The first kappa shape index (κ1) is 26.6. The fraction of sp³-hybridized carbons (Fsp3) is 0.304. The minimum absolute atomic E-state index is 0. The van der Waals surface area contributed by atoms with E-state index in [0.717, 1.165) is 4.90 Å². The van der Waals surface area contributed by atoms with Gasteiger partial charge in [0.05, 0.1) is 13.5 Å². The van der Waals surface area contributed by atoms with Gasteiger partial charge in [-0.3, -0.25) is 9.59 Å². The summed E-state index contributed by atoms with van der Waals surface area (Å²) >= 11 is 0. The first-order valence-electron chi connectivity index (χ1n) is 10.9.